The summed E-state index contributed by atoms with van der Waals surface area (Å²) in [6, 6.07) is 2.09. The number of hydrogen-bond donors (Lipinski definition) is 2. The van der Waals surface area contributed by atoms with Crippen LogP contribution in [-0.4, -0.2) is 85.9 Å². The number of rotatable bonds is 10. The minimum atomic E-state index is 0.432. The van der Waals surface area contributed by atoms with Gasteiger partial charge in [0.15, 0.2) is 5.96 Å². The van der Waals surface area contributed by atoms with E-state index in [4.69, 9.17) is 9.73 Å². The van der Waals surface area contributed by atoms with Crippen LogP contribution in [0.2, 0.25) is 0 Å². The predicted octanol–water partition coefficient (Wildman–Crippen LogP) is 2.16. The number of aliphatic imine (C=N–C) groups is 1. The van der Waals surface area contributed by atoms with Crippen molar-refractivity contribution in [1.29, 1.82) is 0 Å². The van der Waals surface area contributed by atoms with Crippen LogP contribution in [0.25, 0.3) is 0 Å². The van der Waals surface area contributed by atoms with Gasteiger partial charge in [0, 0.05) is 50.3 Å². The average Bonchev–Trinajstić information content (AvgIpc) is 2.58. The summed E-state index contributed by atoms with van der Waals surface area (Å²) in [5.41, 5.74) is 0. The smallest absolute Gasteiger partial charge is 0.191 e. The lowest BCUT2D eigenvalue weighted by atomic mass is 10.2. The summed E-state index contributed by atoms with van der Waals surface area (Å²) in [5, 5.41) is 6.86. The highest BCUT2D eigenvalue weighted by Crippen LogP contribution is 2.11. The summed E-state index contributed by atoms with van der Waals surface area (Å²) in [5.74, 6) is 0.931. The number of hydrogen-bond acceptors (Lipinski definition) is 4. The van der Waals surface area contributed by atoms with Gasteiger partial charge < -0.3 is 15.4 Å². The third-order valence-corrected chi connectivity index (χ3v) is 5.06. The first-order chi connectivity index (χ1) is 12.4. The van der Waals surface area contributed by atoms with Crippen molar-refractivity contribution in [2.45, 2.75) is 79.1 Å². The lowest BCUT2D eigenvalue weighted by Crippen LogP contribution is -2.49. The Morgan fingerprint density at radius 1 is 1.19 bits per heavy atom. The molecule has 1 aliphatic heterocycles. The van der Waals surface area contributed by atoms with Crippen molar-refractivity contribution in [3.8, 4) is 0 Å². The third-order valence-electron chi connectivity index (χ3n) is 5.06. The van der Waals surface area contributed by atoms with Gasteiger partial charge in [-0.1, -0.05) is 0 Å². The van der Waals surface area contributed by atoms with E-state index >= 15 is 0 Å². The molecular weight excluding hydrogens is 326 g/mol. The van der Waals surface area contributed by atoms with Gasteiger partial charge in [-0.15, -0.1) is 0 Å². The fraction of sp³-hybridized carbons (Fsp3) is 0.950. The summed E-state index contributed by atoms with van der Waals surface area (Å²) >= 11 is 0. The highest BCUT2D eigenvalue weighted by Gasteiger charge is 2.23. The van der Waals surface area contributed by atoms with Crippen molar-refractivity contribution in [3.05, 3.63) is 0 Å². The maximum atomic E-state index is 5.54. The molecule has 1 heterocycles. The average molecular weight is 370 g/mol. The van der Waals surface area contributed by atoms with E-state index in [2.05, 4.69) is 68.9 Å². The molecule has 2 N–H and O–H groups in total. The molecule has 0 aromatic carbocycles. The summed E-state index contributed by atoms with van der Waals surface area (Å²) in [6.07, 6.45) is 1.12. The molecule has 0 radical (unpaired) electrons. The highest BCUT2D eigenvalue weighted by atomic mass is 16.5. The molecule has 0 spiro atoms. The minimum Gasteiger partial charge on any atom is -0.379 e. The molecule has 2 atom stereocenters. The monoisotopic (exact) mass is 369 g/mol. The quantitative estimate of drug-likeness (QED) is 0.351. The topological polar surface area (TPSA) is 52.1 Å². The van der Waals surface area contributed by atoms with Crippen LogP contribution < -0.4 is 10.6 Å². The van der Waals surface area contributed by atoms with Gasteiger partial charge in [-0.25, -0.2) is 0 Å². The fourth-order valence-electron chi connectivity index (χ4n) is 3.65. The Labute approximate surface area is 161 Å². The van der Waals surface area contributed by atoms with E-state index in [1.165, 1.54) is 0 Å². The molecule has 0 aromatic rings. The second-order valence-electron chi connectivity index (χ2n) is 7.94. The van der Waals surface area contributed by atoms with Crippen LogP contribution in [0.4, 0.5) is 0 Å². The van der Waals surface area contributed by atoms with Crippen LogP contribution in [-0.2, 0) is 4.74 Å². The largest absolute Gasteiger partial charge is 0.379 e. The highest BCUT2D eigenvalue weighted by molar-refractivity contribution is 5.79. The van der Waals surface area contributed by atoms with Crippen LogP contribution in [0.3, 0.4) is 0 Å². The van der Waals surface area contributed by atoms with E-state index in [0.717, 1.165) is 58.3 Å². The zero-order chi connectivity index (χ0) is 19.5. The molecule has 0 aromatic heterocycles. The Morgan fingerprint density at radius 3 is 2.46 bits per heavy atom. The maximum Gasteiger partial charge on any atom is 0.191 e. The lowest BCUT2D eigenvalue weighted by molar-refractivity contribution is -0.0165. The lowest BCUT2D eigenvalue weighted by Gasteiger charge is -2.37. The second kappa shape index (κ2) is 12.5. The molecule has 6 heteroatoms. The molecular formula is C20H43N5O. The van der Waals surface area contributed by atoms with Gasteiger partial charge in [0.25, 0.3) is 0 Å². The molecule has 154 valence electrons. The van der Waals surface area contributed by atoms with Gasteiger partial charge in [-0.2, -0.15) is 0 Å². The summed E-state index contributed by atoms with van der Waals surface area (Å²) < 4.78 is 5.54. The summed E-state index contributed by atoms with van der Waals surface area (Å²) in [4.78, 5) is 9.84. The zero-order valence-electron chi connectivity index (χ0n) is 18.2. The van der Waals surface area contributed by atoms with E-state index in [1.54, 1.807) is 0 Å². The molecule has 2 unspecified atom stereocenters. The van der Waals surface area contributed by atoms with Gasteiger partial charge in [0.05, 0.1) is 19.8 Å². The molecule has 0 amide bonds. The molecule has 26 heavy (non-hydrogen) atoms. The second-order valence-corrected chi connectivity index (χ2v) is 7.94. The normalized spacial score (nSPS) is 20.8. The first kappa shape index (κ1) is 23.2. The Kier molecular flexibility index (Phi) is 11.2. The molecule has 0 bridgehead atoms. The van der Waals surface area contributed by atoms with E-state index in [0.29, 0.717) is 24.2 Å². The molecule has 0 saturated carbocycles. The zero-order valence-corrected chi connectivity index (χ0v) is 18.2. The molecule has 1 fully saturated rings. The summed E-state index contributed by atoms with van der Waals surface area (Å²) in [7, 11) is 0. The number of nitrogens with zero attached hydrogens (tertiary/aromatic N) is 3. The molecule has 6 nitrogen and oxygen atoms in total. The van der Waals surface area contributed by atoms with Gasteiger partial charge in [-0.3, -0.25) is 14.8 Å². The van der Waals surface area contributed by atoms with Crippen molar-refractivity contribution >= 4 is 5.96 Å². The van der Waals surface area contributed by atoms with E-state index in [1.807, 2.05) is 0 Å². The Bertz CT molecular complexity index is 392. The molecule has 1 aliphatic rings. The van der Waals surface area contributed by atoms with Crippen LogP contribution in [0, 0.1) is 0 Å². The van der Waals surface area contributed by atoms with Crippen LogP contribution >= 0.6 is 0 Å². The number of guanidine groups is 1. The van der Waals surface area contributed by atoms with Crippen molar-refractivity contribution in [2.24, 2.45) is 4.99 Å². The Balaban J connectivity index is 2.42. The first-order valence-corrected chi connectivity index (χ1v) is 10.5. The van der Waals surface area contributed by atoms with Crippen molar-refractivity contribution in [3.63, 3.8) is 0 Å². The van der Waals surface area contributed by atoms with Crippen LogP contribution in [0.5, 0.6) is 0 Å². The van der Waals surface area contributed by atoms with Gasteiger partial charge in [0.2, 0.25) is 0 Å². The number of morpholine rings is 1. The van der Waals surface area contributed by atoms with Crippen LogP contribution in [0.15, 0.2) is 4.99 Å². The van der Waals surface area contributed by atoms with E-state index < -0.39 is 0 Å². The standard InChI is InChI=1S/C20H43N5O/c1-8-21-20(22-10-9-11-24(16(2)3)17(4)5)23-14-18(6)25-12-13-26-15-19(25)7/h16-19H,8-15H2,1-7H3,(H2,21,22,23). The van der Waals surface area contributed by atoms with E-state index in [9.17, 15) is 0 Å². The summed E-state index contributed by atoms with van der Waals surface area (Å²) in [6.45, 7) is 22.1. The molecule has 0 aliphatic carbocycles. The Hall–Kier alpha value is -0.850. The van der Waals surface area contributed by atoms with Gasteiger partial charge in [0.1, 0.15) is 0 Å². The van der Waals surface area contributed by atoms with Gasteiger partial charge in [-0.05, 0) is 54.9 Å². The minimum absolute atomic E-state index is 0.432. The first-order valence-electron chi connectivity index (χ1n) is 10.5. The SMILES string of the molecule is CCNC(=NCC(C)N1CCOCC1C)NCCCN(C(C)C)C(C)C. The molecule has 1 rings (SSSR count). The fourth-order valence-corrected chi connectivity index (χ4v) is 3.65. The Morgan fingerprint density at radius 2 is 1.88 bits per heavy atom. The molecule has 1 saturated heterocycles. The third kappa shape index (κ3) is 8.23. The van der Waals surface area contributed by atoms with Crippen molar-refractivity contribution in [2.75, 3.05) is 45.9 Å². The van der Waals surface area contributed by atoms with Gasteiger partial charge >= 0.3 is 0 Å². The number of nitrogens with one attached hydrogen (secondary N) is 2. The maximum absolute atomic E-state index is 5.54. The van der Waals surface area contributed by atoms with Crippen molar-refractivity contribution in [1.82, 2.24) is 20.4 Å². The number of ether oxygens (including phenoxy) is 1. The predicted molar refractivity (Wildman–Crippen MR) is 112 cm³/mol. The van der Waals surface area contributed by atoms with Crippen LogP contribution in [0.1, 0.15) is 54.9 Å². The van der Waals surface area contributed by atoms with E-state index in [-0.39, 0.29) is 0 Å². The van der Waals surface area contributed by atoms with Crippen molar-refractivity contribution < 1.29 is 4.74 Å².